The summed E-state index contributed by atoms with van der Waals surface area (Å²) in [5.41, 5.74) is -2.41. The molecule has 2 aliphatic heterocycles. The van der Waals surface area contributed by atoms with Crippen LogP contribution in [-0.2, 0) is 9.47 Å². The minimum absolute atomic E-state index is 0.206. The molecule has 15 heteroatoms. The second-order valence-corrected chi connectivity index (χ2v) is 7.38. The van der Waals surface area contributed by atoms with Gasteiger partial charge in [0.05, 0.1) is 19.3 Å². The average Bonchev–Trinajstić information content (AvgIpc) is 3.28. The van der Waals surface area contributed by atoms with Crippen LogP contribution < -0.4 is 22.5 Å². The maximum atomic E-state index is 11.4. The van der Waals surface area contributed by atoms with Crippen molar-refractivity contribution in [2.24, 2.45) is 0 Å². The normalized spacial score (nSPS) is 31.2. The monoisotopic (exact) mass is 472 g/mol. The number of aromatic nitrogens is 4. The summed E-state index contributed by atoms with van der Waals surface area (Å²) in [6.45, 7) is -0.789. The zero-order valence-corrected chi connectivity index (χ0v) is 17.1. The smallest absolute Gasteiger partial charge is 0.330 e. The predicted molar refractivity (Wildman–Crippen MR) is 107 cm³/mol. The fraction of sp³-hybridized carbons (Fsp3) is 0.556. The minimum Gasteiger partial charge on any atom is -0.394 e. The molecule has 0 bridgehead atoms. The second-order valence-electron chi connectivity index (χ2n) is 7.38. The summed E-state index contributed by atoms with van der Waals surface area (Å²) in [5.74, 6) is 0. The van der Waals surface area contributed by atoms with Crippen LogP contribution in [0.15, 0.2) is 43.7 Å². The van der Waals surface area contributed by atoms with Crippen LogP contribution in [0.5, 0.6) is 0 Å². The van der Waals surface area contributed by atoms with E-state index in [0.29, 0.717) is 0 Å². The Kier molecular flexibility index (Phi) is 7.75. The summed E-state index contributed by atoms with van der Waals surface area (Å²) in [7, 11) is 0. The van der Waals surface area contributed by atoms with Crippen molar-refractivity contribution in [1.82, 2.24) is 19.1 Å². The highest BCUT2D eigenvalue weighted by molar-refractivity contribution is 4.93. The Morgan fingerprint density at radius 2 is 1.36 bits per heavy atom. The molecular weight excluding hydrogens is 448 g/mol. The van der Waals surface area contributed by atoms with E-state index in [4.69, 9.17) is 19.7 Å². The van der Waals surface area contributed by atoms with Crippen molar-refractivity contribution in [2.75, 3.05) is 13.2 Å². The van der Waals surface area contributed by atoms with Crippen molar-refractivity contribution in [2.45, 2.75) is 49.4 Å². The number of ether oxygens (including phenoxy) is 2. The van der Waals surface area contributed by atoms with E-state index in [1.807, 2.05) is 4.98 Å². The molecule has 2 aromatic heterocycles. The zero-order valence-electron chi connectivity index (χ0n) is 17.1. The Hall–Kier alpha value is -2.92. The van der Waals surface area contributed by atoms with Gasteiger partial charge in [-0.25, -0.2) is 9.59 Å². The first-order valence-corrected chi connectivity index (χ1v) is 9.86. The second kappa shape index (κ2) is 10.3. The molecule has 15 nitrogen and oxygen atoms in total. The molecule has 0 radical (unpaired) electrons. The standard InChI is InChI=1S/C9H12N2O6.C9H12N2O5/c12-3-4-6(14)7(15)8(17-4)11-2-1-5(13)10-9(11)16;12-4-6-5(13)3-8(16-6)11-2-1-7(14)10-9(11)15/h1-2,4,6-8,12,14-15H,3H2,(H,10,13,16);1-2,5-6,8,12-13H,3-4H2,(H,10,14,15)/t4-,6-,7-,8-;5-,6+,8+/m10/s1. The van der Waals surface area contributed by atoms with Crippen molar-refractivity contribution < 1.29 is 35.0 Å². The van der Waals surface area contributed by atoms with Crippen molar-refractivity contribution in [3.05, 3.63) is 66.2 Å². The third kappa shape index (κ3) is 5.36. The van der Waals surface area contributed by atoms with Crippen molar-refractivity contribution >= 4 is 0 Å². The summed E-state index contributed by atoms with van der Waals surface area (Å²) in [6.07, 6.45) is -4.23. The van der Waals surface area contributed by atoms with Crippen LogP contribution >= 0.6 is 0 Å². The van der Waals surface area contributed by atoms with E-state index in [2.05, 4.69) is 4.98 Å². The van der Waals surface area contributed by atoms with Crippen LogP contribution in [0.3, 0.4) is 0 Å². The Balaban J connectivity index is 0.000000186. The van der Waals surface area contributed by atoms with Gasteiger partial charge in [0, 0.05) is 30.9 Å². The average molecular weight is 472 g/mol. The molecule has 7 N–H and O–H groups in total. The van der Waals surface area contributed by atoms with Gasteiger partial charge < -0.3 is 35.0 Å². The molecule has 2 saturated heterocycles. The number of aliphatic hydroxyl groups is 5. The first kappa shape index (κ1) is 24.7. The van der Waals surface area contributed by atoms with Gasteiger partial charge >= 0.3 is 11.4 Å². The van der Waals surface area contributed by atoms with Gasteiger partial charge in [-0.15, -0.1) is 0 Å². The molecule has 7 atom stereocenters. The van der Waals surface area contributed by atoms with Gasteiger partial charge in [0.25, 0.3) is 11.1 Å². The van der Waals surface area contributed by atoms with Crippen LogP contribution in [0.2, 0.25) is 0 Å². The molecule has 2 aliphatic rings. The van der Waals surface area contributed by atoms with Crippen molar-refractivity contribution in [1.29, 1.82) is 0 Å². The maximum absolute atomic E-state index is 11.4. The first-order chi connectivity index (χ1) is 15.7. The van der Waals surface area contributed by atoms with E-state index in [-0.39, 0.29) is 13.0 Å². The number of nitrogens with zero attached hydrogens (tertiary/aromatic N) is 2. The highest BCUT2D eigenvalue weighted by Crippen LogP contribution is 2.28. The zero-order chi connectivity index (χ0) is 24.3. The minimum atomic E-state index is -1.35. The SMILES string of the molecule is O=c1ccn([C@@H]2O[C@H](CO)[C@@H](O)[C@H]2O)c(=O)[nH]1.O=c1ccn([C@H]2C[C@H](O)[C@@H](CO)O2)c(=O)[nH]1. The third-order valence-corrected chi connectivity index (χ3v) is 5.19. The van der Waals surface area contributed by atoms with E-state index in [1.54, 1.807) is 0 Å². The molecule has 0 saturated carbocycles. The molecule has 4 rings (SSSR count). The van der Waals surface area contributed by atoms with Gasteiger partial charge in [0.2, 0.25) is 0 Å². The Morgan fingerprint density at radius 3 is 1.82 bits per heavy atom. The number of H-pyrrole nitrogens is 2. The summed E-state index contributed by atoms with van der Waals surface area (Å²) in [4.78, 5) is 48.7. The first-order valence-electron chi connectivity index (χ1n) is 9.86. The van der Waals surface area contributed by atoms with Crippen molar-refractivity contribution in [3.8, 4) is 0 Å². The van der Waals surface area contributed by atoms with Gasteiger partial charge in [0.1, 0.15) is 30.6 Å². The highest BCUT2D eigenvalue weighted by atomic mass is 16.6. The topological polar surface area (TPSA) is 229 Å². The van der Waals surface area contributed by atoms with Gasteiger partial charge in [-0.3, -0.25) is 28.7 Å². The number of hydrogen-bond donors (Lipinski definition) is 7. The summed E-state index contributed by atoms with van der Waals surface area (Å²) >= 11 is 0. The van der Waals surface area contributed by atoms with Gasteiger partial charge in [-0.05, 0) is 0 Å². The predicted octanol–water partition coefficient (Wildman–Crippen LogP) is -4.67. The maximum Gasteiger partial charge on any atom is 0.330 e. The molecule has 33 heavy (non-hydrogen) atoms. The molecule has 0 amide bonds. The molecule has 0 unspecified atom stereocenters. The number of aromatic amines is 2. The number of aliphatic hydroxyl groups excluding tert-OH is 5. The molecule has 2 aromatic rings. The highest BCUT2D eigenvalue weighted by Gasteiger charge is 2.43. The lowest BCUT2D eigenvalue weighted by Crippen LogP contribution is -2.37. The van der Waals surface area contributed by atoms with Crippen LogP contribution in [-0.4, -0.2) is 88.4 Å². The van der Waals surface area contributed by atoms with Crippen LogP contribution in [0.1, 0.15) is 18.9 Å². The lowest BCUT2D eigenvalue weighted by molar-refractivity contribution is -0.0550. The summed E-state index contributed by atoms with van der Waals surface area (Å²) < 4.78 is 12.5. The fourth-order valence-electron chi connectivity index (χ4n) is 3.44. The van der Waals surface area contributed by atoms with Crippen molar-refractivity contribution in [3.63, 3.8) is 0 Å². The Labute approximate surface area is 183 Å². The quantitative estimate of drug-likeness (QED) is 0.224. The van der Waals surface area contributed by atoms with E-state index in [9.17, 15) is 34.5 Å². The number of hydrogen-bond acceptors (Lipinski definition) is 11. The molecule has 0 aliphatic carbocycles. The van der Waals surface area contributed by atoms with Crippen LogP contribution in [0, 0.1) is 0 Å². The number of nitrogens with one attached hydrogen (secondary N) is 2. The molecular formula is C18H24N4O11. The fourth-order valence-corrected chi connectivity index (χ4v) is 3.44. The number of rotatable bonds is 4. The van der Waals surface area contributed by atoms with Gasteiger partial charge in [0.15, 0.2) is 6.23 Å². The summed E-state index contributed by atoms with van der Waals surface area (Å²) in [5, 5.41) is 46.4. The Bertz CT molecular complexity index is 1170. The third-order valence-electron chi connectivity index (χ3n) is 5.19. The van der Waals surface area contributed by atoms with Crippen LogP contribution in [0.25, 0.3) is 0 Å². The lowest BCUT2D eigenvalue weighted by Gasteiger charge is -2.16. The van der Waals surface area contributed by atoms with E-state index >= 15 is 0 Å². The molecule has 0 aromatic carbocycles. The Morgan fingerprint density at radius 1 is 0.818 bits per heavy atom. The van der Waals surface area contributed by atoms with Gasteiger partial charge in [-0.1, -0.05) is 0 Å². The largest absolute Gasteiger partial charge is 0.394 e. The molecule has 4 heterocycles. The lowest BCUT2D eigenvalue weighted by atomic mass is 10.1. The van der Waals surface area contributed by atoms with E-state index in [0.717, 1.165) is 16.8 Å². The molecule has 182 valence electrons. The van der Waals surface area contributed by atoms with Gasteiger partial charge in [-0.2, -0.15) is 0 Å². The molecule has 0 spiro atoms. The van der Waals surface area contributed by atoms with E-state index in [1.165, 1.54) is 16.8 Å². The van der Waals surface area contributed by atoms with E-state index < -0.39 is 72.1 Å². The van der Waals surface area contributed by atoms with Crippen LogP contribution in [0.4, 0.5) is 0 Å². The molecule has 2 fully saturated rings. The summed E-state index contributed by atoms with van der Waals surface area (Å²) in [6, 6.07) is 2.29.